The lowest BCUT2D eigenvalue weighted by Gasteiger charge is -2.07. The van der Waals surface area contributed by atoms with E-state index in [4.69, 9.17) is 0 Å². The zero-order valence-electron chi connectivity index (χ0n) is 8.24. The molecule has 4 nitrogen and oxygen atoms in total. The molecule has 1 rings (SSSR count). The maximum Gasteiger partial charge on any atom is 0.229 e. The number of carbonyl (C=O) groups is 1. The molecule has 0 saturated heterocycles. The maximum absolute atomic E-state index is 11.1. The van der Waals surface area contributed by atoms with Crippen molar-refractivity contribution in [1.29, 1.82) is 0 Å². The Kier molecular flexibility index (Phi) is 3.72. The number of halogens is 1. The van der Waals surface area contributed by atoms with Gasteiger partial charge in [0.05, 0.1) is 11.9 Å². The zero-order chi connectivity index (χ0) is 11.6. The van der Waals surface area contributed by atoms with Crippen molar-refractivity contribution in [2.45, 2.75) is 6.92 Å². The van der Waals surface area contributed by atoms with Gasteiger partial charge in [0.2, 0.25) is 10.0 Å². The van der Waals surface area contributed by atoms with E-state index >= 15 is 0 Å². The molecule has 0 aliphatic rings. The van der Waals surface area contributed by atoms with Crippen LogP contribution in [0.15, 0.2) is 18.2 Å². The fraction of sp³-hybridized carbons (Fsp3) is 0.222. The number of sulfonamides is 1. The number of nitrogens with one attached hydrogen (secondary N) is 1. The van der Waals surface area contributed by atoms with Gasteiger partial charge in [-0.1, -0.05) is 6.07 Å². The van der Waals surface area contributed by atoms with E-state index in [1.54, 1.807) is 12.1 Å². The summed E-state index contributed by atoms with van der Waals surface area (Å²) in [7, 11) is -3.31. The smallest absolute Gasteiger partial charge is 0.229 e. The minimum atomic E-state index is -3.31. The molecule has 1 aromatic rings. The third kappa shape index (κ3) is 3.78. The second kappa shape index (κ2) is 4.48. The predicted octanol–water partition coefficient (Wildman–Crippen LogP) is 1.87. The number of Topliss-reactive ketones (excluding diaryl/α,β-unsaturated/α-hetero) is 1. The van der Waals surface area contributed by atoms with E-state index in [0.29, 0.717) is 11.3 Å². The minimum Gasteiger partial charge on any atom is -0.295 e. The molecule has 0 aliphatic carbocycles. The summed E-state index contributed by atoms with van der Waals surface area (Å²) in [6, 6.07) is 4.90. The summed E-state index contributed by atoms with van der Waals surface area (Å²) in [5.74, 6) is -0.0945. The van der Waals surface area contributed by atoms with Crippen LogP contribution >= 0.6 is 22.6 Å². The lowest BCUT2D eigenvalue weighted by Crippen LogP contribution is -2.11. The highest BCUT2D eigenvalue weighted by Crippen LogP contribution is 2.20. The van der Waals surface area contributed by atoms with Crippen LogP contribution < -0.4 is 4.72 Å². The van der Waals surface area contributed by atoms with Gasteiger partial charge in [-0.3, -0.25) is 9.52 Å². The number of benzene rings is 1. The number of ketones is 1. The molecule has 0 spiro atoms. The molecule has 0 atom stereocenters. The molecule has 0 aromatic heterocycles. The van der Waals surface area contributed by atoms with Crippen LogP contribution in [0.3, 0.4) is 0 Å². The predicted molar refractivity (Wildman–Crippen MR) is 67.6 cm³/mol. The maximum atomic E-state index is 11.1. The van der Waals surface area contributed by atoms with E-state index in [1.807, 2.05) is 22.6 Å². The van der Waals surface area contributed by atoms with Crippen LogP contribution in [0.5, 0.6) is 0 Å². The fourth-order valence-corrected chi connectivity index (χ4v) is 2.24. The summed E-state index contributed by atoms with van der Waals surface area (Å²) in [6.45, 7) is 1.44. The average Bonchev–Trinajstić information content (AvgIpc) is 2.06. The second-order valence-corrected chi connectivity index (χ2v) is 6.04. The largest absolute Gasteiger partial charge is 0.295 e. The van der Waals surface area contributed by atoms with Crippen LogP contribution in [0.1, 0.15) is 17.3 Å². The molecule has 0 heterocycles. The van der Waals surface area contributed by atoms with Gasteiger partial charge < -0.3 is 0 Å². The Morgan fingerprint density at radius 1 is 1.40 bits per heavy atom. The first-order valence-electron chi connectivity index (χ1n) is 4.08. The quantitative estimate of drug-likeness (QED) is 0.675. The summed E-state index contributed by atoms with van der Waals surface area (Å²) < 4.78 is 25.2. The Balaban J connectivity index is 3.17. The van der Waals surface area contributed by atoms with E-state index < -0.39 is 10.0 Å². The Morgan fingerprint density at radius 3 is 2.47 bits per heavy atom. The normalized spacial score (nSPS) is 11.1. The summed E-state index contributed by atoms with van der Waals surface area (Å²) >= 11 is 2.00. The van der Waals surface area contributed by atoms with Gasteiger partial charge in [-0.05, 0) is 41.6 Å². The van der Waals surface area contributed by atoms with Crippen LogP contribution in [0, 0.1) is 3.57 Å². The summed E-state index contributed by atoms with van der Waals surface area (Å²) in [5, 5.41) is 0. The van der Waals surface area contributed by atoms with Crippen molar-refractivity contribution >= 4 is 44.1 Å². The van der Waals surface area contributed by atoms with Gasteiger partial charge in [-0.25, -0.2) is 8.42 Å². The molecule has 0 fully saturated rings. The third-order valence-electron chi connectivity index (χ3n) is 1.67. The Hall–Kier alpha value is -0.630. The molecule has 15 heavy (non-hydrogen) atoms. The molecule has 0 aliphatic heterocycles. The Morgan fingerprint density at radius 2 is 2.00 bits per heavy atom. The van der Waals surface area contributed by atoms with Gasteiger partial charge >= 0.3 is 0 Å². The number of anilines is 1. The lowest BCUT2D eigenvalue weighted by atomic mass is 10.1. The van der Waals surface area contributed by atoms with Crippen molar-refractivity contribution in [1.82, 2.24) is 0 Å². The van der Waals surface area contributed by atoms with Crippen LogP contribution in [0.25, 0.3) is 0 Å². The van der Waals surface area contributed by atoms with Crippen molar-refractivity contribution in [2.24, 2.45) is 0 Å². The van der Waals surface area contributed by atoms with Crippen molar-refractivity contribution in [3.63, 3.8) is 0 Å². The first-order chi connectivity index (χ1) is 6.79. The molecule has 0 saturated carbocycles. The highest BCUT2D eigenvalue weighted by molar-refractivity contribution is 14.1. The van der Waals surface area contributed by atoms with E-state index in [-0.39, 0.29) is 5.78 Å². The Labute approximate surface area is 102 Å². The molecule has 6 heteroatoms. The van der Waals surface area contributed by atoms with Crippen LogP contribution in [-0.4, -0.2) is 20.5 Å². The average molecular weight is 339 g/mol. The molecule has 0 radical (unpaired) electrons. The van der Waals surface area contributed by atoms with Gasteiger partial charge in [0, 0.05) is 9.13 Å². The molecular formula is C9H10INO3S. The minimum absolute atomic E-state index is 0.0945. The fourth-order valence-electron chi connectivity index (χ4n) is 1.02. The van der Waals surface area contributed by atoms with Crippen molar-refractivity contribution in [3.05, 3.63) is 27.3 Å². The topological polar surface area (TPSA) is 63.2 Å². The number of hydrogen-bond acceptors (Lipinski definition) is 3. The summed E-state index contributed by atoms with van der Waals surface area (Å²) in [6.07, 6.45) is 1.07. The molecule has 0 unspecified atom stereocenters. The first kappa shape index (κ1) is 12.4. The molecule has 0 amide bonds. The van der Waals surface area contributed by atoms with E-state index in [2.05, 4.69) is 4.72 Å². The van der Waals surface area contributed by atoms with Gasteiger partial charge in [0.1, 0.15) is 0 Å². The van der Waals surface area contributed by atoms with E-state index in [9.17, 15) is 13.2 Å². The molecular weight excluding hydrogens is 329 g/mol. The van der Waals surface area contributed by atoms with Gasteiger partial charge in [0.15, 0.2) is 5.78 Å². The number of hydrogen-bond donors (Lipinski definition) is 1. The van der Waals surface area contributed by atoms with Crippen molar-refractivity contribution < 1.29 is 13.2 Å². The zero-order valence-corrected chi connectivity index (χ0v) is 11.2. The number of rotatable bonds is 3. The molecule has 0 bridgehead atoms. The monoisotopic (exact) mass is 339 g/mol. The molecule has 1 N–H and O–H groups in total. The van der Waals surface area contributed by atoms with Gasteiger partial charge in [-0.2, -0.15) is 0 Å². The van der Waals surface area contributed by atoms with Gasteiger partial charge in [0.25, 0.3) is 0 Å². The van der Waals surface area contributed by atoms with Crippen LogP contribution in [-0.2, 0) is 10.0 Å². The van der Waals surface area contributed by atoms with Crippen LogP contribution in [0.4, 0.5) is 5.69 Å². The highest BCUT2D eigenvalue weighted by Gasteiger charge is 2.08. The Bertz CT molecular complexity index is 496. The van der Waals surface area contributed by atoms with Gasteiger partial charge in [-0.15, -0.1) is 0 Å². The highest BCUT2D eigenvalue weighted by atomic mass is 127. The lowest BCUT2D eigenvalue weighted by molar-refractivity contribution is 0.101. The SMILES string of the molecule is CC(=O)c1ccc(I)c(NS(C)(=O)=O)c1. The second-order valence-electron chi connectivity index (χ2n) is 3.13. The van der Waals surface area contributed by atoms with Crippen molar-refractivity contribution in [2.75, 3.05) is 11.0 Å². The van der Waals surface area contributed by atoms with Crippen LogP contribution in [0.2, 0.25) is 0 Å². The molecule has 1 aromatic carbocycles. The third-order valence-corrected chi connectivity index (χ3v) is 3.20. The summed E-state index contributed by atoms with van der Waals surface area (Å²) in [4.78, 5) is 11.1. The van der Waals surface area contributed by atoms with E-state index in [1.165, 1.54) is 13.0 Å². The first-order valence-corrected chi connectivity index (χ1v) is 7.05. The number of carbonyl (C=O) groups excluding carboxylic acids is 1. The van der Waals surface area contributed by atoms with Crippen molar-refractivity contribution in [3.8, 4) is 0 Å². The molecule has 82 valence electrons. The van der Waals surface area contributed by atoms with E-state index in [0.717, 1.165) is 9.83 Å². The summed E-state index contributed by atoms with van der Waals surface area (Å²) in [5.41, 5.74) is 0.923. The standard InChI is InChI=1S/C9H10INO3S/c1-6(12)7-3-4-8(10)9(5-7)11-15(2,13)14/h3-5,11H,1-2H3.